The predicted molar refractivity (Wildman–Crippen MR) is 114 cm³/mol. The van der Waals surface area contributed by atoms with Crippen molar-refractivity contribution in [1.82, 2.24) is 5.32 Å². The largest absolute Gasteiger partial charge is 0.456 e. The Bertz CT molecular complexity index is 927. The van der Waals surface area contributed by atoms with E-state index in [0.29, 0.717) is 0 Å². The maximum absolute atomic E-state index is 12.1. The second kappa shape index (κ2) is 11.4. The second-order valence-electron chi connectivity index (χ2n) is 7.96. The van der Waals surface area contributed by atoms with E-state index in [1.165, 1.54) is 20.8 Å². The summed E-state index contributed by atoms with van der Waals surface area (Å²) in [6.07, 6.45) is -4.86. The van der Waals surface area contributed by atoms with E-state index in [2.05, 4.69) is 5.32 Å². The van der Waals surface area contributed by atoms with Crippen LogP contribution in [0, 0.1) is 0 Å². The first kappa shape index (κ1) is 26.3. The summed E-state index contributed by atoms with van der Waals surface area (Å²) in [5.74, 6) is -3.87. The number of benzene rings is 1. The summed E-state index contributed by atoms with van der Waals surface area (Å²) in [6.45, 7) is 3.24. The van der Waals surface area contributed by atoms with Crippen LogP contribution < -0.4 is 11.1 Å². The Kier molecular flexibility index (Phi) is 8.62. The Morgan fingerprint density at radius 3 is 2.43 bits per heavy atom. The summed E-state index contributed by atoms with van der Waals surface area (Å²) in [4.78, 5) is 47.0. The molecule has 6 atom stereocenters. The minimum Gasteiger partial charge on any atom is -0.456 e. The molecule has 13 nitrogen and oxygen atoms in total. The number of hydrogen-bond donors (Lipinski definition) is 2. The number of hydrogen-bond acceptors (Lipinski definition) is 11. The molecule has 0 aliphatic carbocycles. The molecule has 0 spiro atoms. The summed E-state index contributed by atoms with van der Waals surface area (Å²) in [6, 6.07) is 7.68. The molecule has 2 aliphatic heterocycles. The third kappa shape index (κ3) is 7.36. The Labute approximate surface area is 201 Å². The lowest BCUT2D eigenvalue weighted by Gasteiger charge is -2.35. The zero-order valence-electron chi connectivity index (χ0n) is 19.5. The van der Waals surface area contributed by atoms with Gasteiger partial charge in [0, 0.05) is 20.8 Å². The SMILES string of the molecule is CC(=O)O[C@@H]1[C@H]2OC(C)(OC[C@@H](NC(=O)OCc3ccccc3)C(N)=O)O[C@H]2OC[C@H]1OC(C)=O. The zero-order chi connectivity index (χ0) is 25.6. The van der Waals surface area contributed by atoms with Gasteiger partial charge in [0.25, 0.3) is 5.97 Å². The smallest absolute Gasteiger partial charge is 0.408 e. The fourth-order valence-corrected chi connectivity index (χ4v) is 3.51. The lowest BCUT2D eigenvalue weighted by atomic mass is 10.1. The van der Waals surface area contributed by atoms with Crippen LogP contribution in [0.15, 0.2) is 30.3 Å². The normalized spacial score (nSPS) is 28.3. The van der Waals surface area contributed by atoms with Crippen LogP contribution in [0.3, 0.4) is 0 Å². The quantitative estimate of drug-likeness (QED) is 0.351. The van der Waals surface area contributed by atoms with Crippen LogP contribution in [-0.4, -0.2) is 73.8 Å². The van der Waals surface area contributed by atoms with Gasteiger partial charge in [0.05, 0.1) is 13.2 Å². The topological polar surface area (TPSA) is 171 Å². The van der Waals surface area contributed by atoms with Crippen LogP contribution in [0.1, 0.15) is 26.3 Å². The number of ether oxygens (including phenoxy) is 7. The van der Waals surface area contributed by atoms with E-state index in [1.54, 1.807) is 24.3 Å². The third-order valence-corrected chi connectivity index (χ3v) is 5.04. The number of nitrogens with one attached hydrogen (secondary N) is 1. The van der Waals surface area contributed by atoms with Gasteiger partial charge in [-0.25, -0.2) is 4.79 Å². The molecule has 2 amide bonds. The maximum Gasteiger partial charge on any atom is 0.408 e. The Hall–Kier alpha value is -3.26. The molecule has 3 N–H and O–H groups in total. The van der Waals surface area contributed by atoms with Crippen LogP contribution in [0.25, 0.3) is 0 Å². The molecule has 13 heteroatoms. The maximum atomic E-state index is 12.1. The zero-order valence-corrected chi connectivity index (χ0v) is 19.5. The molecule has 1 aromatic carbocycles. The lowest BCUT2D eigenvalue weighted by molar-refractivity contribution is -0.342. The van der Waals surface area contributed by atoms with Crippen LogP contribution in [0.2, 0.25) is 0 Å². The highest BCUT2D eigenvalue weighted by Gasteiger charge is 2.56. The van der Waals surface area contributed by atoms with Gasteiger partial charge in [-0.2, -0.15) is 0 Å². The molecule has 0 aromatic heterocycles. The second-order valence-corrected chi connectivity index (χ2v) is 7.96. The standard InChI is InChI=1S/C22H28N2O11/c1-12(25)32-16-11-29-20-18(17(16)33-13(2)26)34-22(3,35-20)31-10-15(19(23)27)24-21(28)30-9-14-7-5-4-6-8-14/h4-8,15-18,20H,9-11H2,1-3H3,(H2,23,27)(H,24,28)/t15-,16-,17+,18-,20-,22?/m1/s1. The molecule has 2 fully saturated rings. The first-order valence-corrected chi connectivity index (χ1v) is 10.8. The molecule has 35 heavy (non-hydrogen) atoms. The third-order valence-electron chi connectivity index (χ3n) is 5.04. The van der Waals surface area contributed by atoms with Crippen molar-refractivity contribution in [2.24, 2.45) is 5.73 Å². The van der Waals surface area contributed by atoms with E-state index in [-0.39, 0.29) is 13.2 Å². The molecule has 2 heterocycles. The summed E-state index contributed by atoms with van der Waals surface area (Å²) >= 11 is 0. The number of fused-ring (bicyclic) bond motifs is 1. The lowest BCUT2D eigenvalue weighted by Crippen LogP contribution is -2.54. The molecule has 192 valence electrons. The highest BCUT2D eigenvalue weighted by Crippen LogP contribution is 2.37. The van der Waals surface area contributed by atoms with Gasteiger partial charge < -0.3 is 39.5 Å². The van der Waals surface area contributed by atoms with E-state index in [0.717, 1.165) is 5.56 Å². The molecular formula is C22H28N2O11. The molecule has 1 aromatic rings. The van der Waals surface area contributed by atoms with E-state index < -0.39 is 67.2 Å². The highest BCUT2D eigenvalue weighted by molar-refractivity contribution is 5.84. The molecule has 0 bridgehead atoms. The van der Waals surface area contributed by atoms with Crippen molar-refractivity contribution in [3.63, 3.8) is 0 Å². The van der Waals surface area contributed by atoms with Crippen LogP contribution in [0.5, 0.6) is 0 Å². The number of carbonyl (C=O) groups is 4. The average molecular weight is 496 g/mol. The van der Waals surface area contributed by atoms with Gasteiger partial charge in [-0.05, 0) is 5.56 Å². The van der Waals surface area contributed by atoms with Gasteiger partial charge in [-0.1, -0.05) is 30.3 Å². The summed E-state index contributed by atoms with van der Waals surface area (Å²) in [7, 11) is 0. The Morgan fingerprint density at radius 1 is 1.11 bits per heavy atom. The van der Waals surface area contributed by atoms with Crippen molar-refractivity contribution >= 4 is 23.9 Å². The first-order valence-electron chi connectivity index (χ1n) is 10.8. The fraction of sp³-hybridized carbons (Fsp3) is 0.545. The van der Waals surface area contributed by atoms with Crippen molar-refractivity contribution in [2.45, 2.75) is 64.0 Å². The fourth-order valence-electron chi connectivity index (χ4n) is 3.51. The number of nitrogens with two attached hydrogens (primary N) is 1. The van der Waals surface area contributed by atoms with Crippen molar-refractivity contribution < 1.29 is 52.3 Å². The van der Waals surface area contributed by atoms with Gasteiger partial charge >= 0.3 is 18.0 Å². The predicted octanol–water partition coefficient (Wildman–Crippen LogP) is 0.0921. The van der Waals surface area contributed by atoms with Crippen molar-refractivity contribution in [3.05, 3.63) is 35.9 Å². The van der Waals surface area contributed by atoms with E-state index in [4.69, 9.17) is 38.9 Å². The number of primary amides is 1. The molecular weight excluding hydrogens is 468 g/mol. The molecule has 0 radical (unpaired) electrons. The number of amides is 2. The summed E-state index contributed by atoms with van der Waals surface area (Å²) in [5.41, 5.74) is 6.13. The Morgan fingerprint density at radius 2 is 1.80 bits per heavy atom. The monoisotopic (exact) mass is 496 g/mol. The number of carbonyl (C=O) groups excluding carboxylic acids is 4. The van der Waals surface area contributed by atoms with Gasteiger partial charge in [0.15, 0.2) is 24.6 Å². The minimum atomic E-state index is -1.76. The number of rotatable bonds is 9. The summed E-state index contributed by atoms with van der Waals surface area (Å²) < 4.78 is 38.1. The Balaban J connectivity index is 1.58. The summed E-state index contributed by atoms with van der Waals surface area (Å²) in [5, 5.41) is 2.32. The van der Waals surface area contributed by atoms with Crippen LogP contribution in [-0.2, 0) is 54.1 Å². The molecule has 1 unspecified atom stereocenters. The number of esters is 2. The van der Waals surface area contributed by atoms with Crippen LogP contribution >= 0.6 is 0 Å². The van der Waals surface area contributed by atoms with E-state index >= 15 is 0 Å². The van der Waals surface area contributed by atoms with E-state index in [9.17, 15) is 19.2 Å². The van der Waals surface area contributed by atoms with Gasteiger partial charge in [-0.3, -0.25) is 19.1 Å². The molecule has 2 aliphatic rings. The molecule has 2 saturated heterocycles. The minimum absolute atomic E-state index is 0.00924. The molecule has 0 saturated carbocycles. The van der Waals surface area contributed by atoms with Gasteiger partial charge in [-0.15, -0.1) is 0 Å². The first-order chi connectivity index (χ1) is 16.6. The highest BCUT2D eigenvalue weighted by atomic mass is 16.9. The van der Waals surface area contributed by atoms with Gasteiger partial charge in [0.2, 0.25) is 5.91 Å². The molecule has 3 rings (SSSR count). The van der Waals surface area contributed by atoms with Crippen LogP contribution in [0.4, 0.5) is 4.79 Å². The van der Waals surface area contributed by atoms with Gasteiger partial charge in [0.1, 0.15) is 12.6 Å². The van der Waals surface area contributed by atoms with Crippen molar-refractivity contribution in [2.75, 3.05) is 13.2 Å². The van der Waals surface area contributed by atoms with Crippen molar-refractivity contribution in [1.29, 1.82) is 0 Å². The average Bonchev–Trinajstić information content (AvgIpc) is 3.14. The number of alkyl carbamates (subject to hydrolysis) is 1. The van der Waals surface area contributed by atoms with E-state index in [1.807, 2.05) is 6.07 Å². The van der Waals surface area contributed by atoms with Crippen molar-refractivity contribution in [3.8, 4) is 0 Å².